The maximum absolute atomic E-state index is 12.4. The fourth-order valence-corrected chi connectivity index (χ4v) is 2.97. The van der Waals surface area contributed by atoms with Crippen LogP contribution in [-0.4, -0.2) is 8.42 Å². The third kappa shape index (κ3) is 3.02. The van der Waals surface area contributed by atoms with Gasteiger partial charge in [-0.25, -0.2) is 8.42 Å². The van der Waals surface area contributed by atoms with E-state index in [1.54, 1.807) is 42.5 Å². The summed E-state index contributed by atoms with van der Waals surface area (Å²) >= 11 is 0. The Labute approximate surface area is 120 Å². The lowest BCUT2D eigenvalue weighted by atomic mass is 9.86. The van der Waals surface area contributed by atoms with Crippen molar-refractivity contribution in [1.82, 2.24) is 0 Å². The molecule has 3 nitrogen and oxygen atoms in total. The van der Waals surface area contributed by atoms with E-state index in [9.17, 15) is 8.42 Å². The second-order valence-electron chi connectivity index (χ2n) is 5.59. The van der Waals surface area contributed by atoms with Gasteiger partial charge in [-0.3, -0.25) is 0 Å². The molecule has 0 aliphatic carbocycles. The van der Waals surface area contributed by atoms with Gasteiger partial charge >= 0.3 is 0 Å². The third-order valence-electron chi connectivity index (χ3n) is 3.02. The minimum Gasteiger partial charge on any atom is -0.453 e. The first kappa shape index (κ1) is 14.6. The highest BCUT2D eigenvalue weighted by Gasteiger charge is 2.23. The molecule has 0 bridgehead atoms. The highest BCUT2D eigenvalue weighted by Crippen LogP contribution is 2.29. The average Bonchev–Trinajstić information content (AvgIpc) is 2.65. The summed E-state index contributed by atoms with van der Waals surface area (Å²) in [5, 5.41) is -0.0563. The maximum Gasteiger partial charge on any atom is 0.239 e. The molecule has 1 heterocycles. The van der Waals surface area contributed by atoms with Gasteiger partial charge in [0.25, 0.3) is 0 Å². The predicted molar refractivity (Wildman–Crippen MR) is 79.5 cm³/mol. The molecule has 0 fully saturated rings. The van der Waals surface area contributed by atoms with E-state index in [2.05, 4.69) is 20.8 Å². The summed E-state index contributed by atoms with van der Waals surface area (Å²) in [6.07, 6.45) is 6.53. The first-order valence-electron chi connectivity index (χ1n) is 6.37. The molecule has 4 heteroatoms. The summed E-state index contributed by atoms with van der Waals surface area (Å²) < 4.78 is 30.2. The molecule has 0 aromatic heterocycles. The van der Waals surface area contributed by atoms with Crippen LogP contribution in [0.5, 0.6) is 0 Å². The van der Waals surface area contributed by atoms with Crippen LogP contribution in [-0.2, 0) is 14.6 Å². The van der Waals surface area contributed by atoms with Gasteiger partial charge in [-0.2, -0.15) is 0 Å². The molecule has 2 rings (SSSR count). The topological polar surface area (TPSA) is 43.4 Å². The fourth-order valence-electron chi connectivity index (χ4n) is 1.80. The Hall–Kier alpha value is -1.81. The van der Waals surface area contributed by atoms with Crippen LogP contribution < -0.4 is 0 Å². The smallest absolute Gasteiger partial charge is 0.239 e. The summed E-state index contributed by atoms with van der Waals surface area (Å²) in [6.45, 7) is 6.19. The Morgan fingerprint density at radius 1 is 1.00 bits per heavy atom. The zero-order valence-corrected chi connectivity index (χ0v) is 12.6. The van der Waals surface area contributed by atoms with Crippen molar-refractivity contribution in [3.8, 4) is 0 Å². The van der Waals surface area contributed by atoms with E-state index >= 15 is 0 Å². The zero-order chi connectivity index (χ0) is 14.8. The van der Waals surface area contributed by atoms with E-state index in [-0.39, 0.29) is 15.4 Å². The summed E-state index contributed by atoms with van der Waals surface area (Å²) in [5.74, 6) is 0. The van der Waals surface area contributed by atoms with Crippen molar-refractivity contribution >= 4 is 9.84 Å². The van der Waals surface area contributed by atoms with Crippen molar-refractivity contribution < 1.29 is 13.2 Å². The maximum atomic E-state index is 12.4. The van der Waals surface area contributed by atoms with E-state index in [4.69, 9.17) is 4.74 Å². The van der Waals surface area contributed by atoms with Crippen LogP contribution in [0.25, 0.3) is 0 Å². The molecular formula is C16H18O3S. The van der Waals surface area contributed by atoms with Crippen LogP contribution in [0.4, 0.5) is 0 Å². The summed E-state index contributed by atoms with van der Waals surface area (Å²) in [4.78, 5) is 0.229. The van der Waals surface area contributed by atoms with Crippen molar-refractivity contribution in [2.75, 3.05) is 0 Å². The molecule has 20 heavy (non-hydrogen) atoms. The molecule has 1 aliphatic rings. The van der Waals surface area contributed by atoms with Crippen LogP contribution in [0.2, 0.25) is 0 Å². The molecular weight excluding hydrogens is 272 g/mol. The minimum atomic E-state index is -3.61. The lowest BCUT2D eigenvalue weighted by molar-refractivity contribution is 0.377. The van der Waals surface area contributed by atoms with E-state index < -0.39 is 9.84 Å². The lowest BCUT2D eigenvalue weighted by Gasteiger charge is -2.18. The minimum absolute atomic E-state index is 0.0563. The van der Waals surface area contributed by atoms with Gasteiger partial charge in [-0.05, 0) is 35.3 Å². The van der Waals surface area contributed by atoms with Crippen molar-refractivity contribution in [1.29, 1.82) is 0 Å². The van der Waals surface area contributed by atoms with Gasteiger partial charge in [-0.1, -0.05) is 45.0 Å². The summed E-state index contributed by atoms with van der Waals surface area (Å²) in [7, 11) is -3.61. The van der Waals surface area contributed by atoms with Crippen molar-refractivity contribution in [3.63, 3.8) is 0 Å². The quantitative estimate of drug-likeness (QED) is 0.831. The predicted octanol–water partition coefficient (Wildman–Crippen LogP) is 3.82. The summed E-state index contributed by atoms with van der Waals surface area (Å²) in [5.41, 5.74) is 0.943. The molecule has 0 N–H and O–H groups in total. The number of hydrogen-bond acceptors (Lipinski definition) is 3. The Morgan fingerprint density at radius 3 is 2.25 bits per heavy atom. The Kier molecular flexibility index (Phi) is 3.86. The SMILES string of the molecule is CC(C)(C)C1=CC=C(S(=O)(=O)c2ccccc2)OC=C1. The number of hydrogen-bond donors (Lipinski definition) is 0. The van der Waals surface area contributed by atoms with Gasteiger partial charge in [-0.15, -0.1) is 0 Å². The zero-order valence-electron chi connectivity index (χ0n) is 11.8. The number of rotatable bonds is 2. The molecule has 0 atom stereocenters. The highest BCUT2D eigenvalue weighted by molar-refractivity contribution is 7.95. The Morgan fingerprint density at radius 2 is 1.65 bits per heavy atom. The third-order valence-corrected chi connectivity index (χ3v) is 4.67. The molecule has 0 amide bonds. The normalized spacial score (nSPS) is 15.9. The van der Waals surface area contributed by atoms with Crippen molar-refractivity contribution in [2.24, 2.45) is 5.41 Å². The molecule has 1 aromatic carbocycles. The molecule has 1 aliphatic heterocycles. The first-order chi connectivity index (χ1) is 9.32. The van der Waals surface area contributed by atoms with E-state index in [0.29, 0.717) is 0 Å². The van der Waals surface area contributed by atoms with Crippen LogP contribution in [0.3, 0.4) is 0 Å². The Balaban J connectivity index is 2.43. The second kappa shape index (κ2) is 5.29. The van der Waals surface area contributed by atoms with Gasteiger partial charge in [0.05, 0.1) is 11.2 Å². The molecule has 106 valence electrons. The Bertz CT molecular complexity index is 672. The number of ether oxygens (including phenoxy) is 1. The van der Waals surface area contributed by atoms with Gasteiger partial charge in [0.2, 0.25) is 14.9 Å². The molecule has 0 saturated carbocycles. The average molecular weight is 290 g/mol. The van der Waals surface area contributed by atoms with Crippen molar-refractivity contribution in [2.45, 2.75) is 25.7 Å². The van der Waals surface area contributed by atoms with E-state index in [1.807, 2.05) is 0 Å². The van der Waals surface area contributed by atoms with E-state index in [1.165, 1.54) is 12.3 Å². The second-order valence-corrected chi connectivity index (χ2v) is 7.48. The fraction of sp³-hybridized carbons (Fsp3) is 0.250. The van der Waals surface area contributed by atoms with E-state index in [0.717, 1.165) is 5.57 Å². The summed E-state index contributed by atoms with van der Waals surface area (Å²) in [6, 6.07) is 8.27. The number of benzene rings is 1. The van der Waals surface area contributed by atoms with Crippen LogP contribution in [0, 0.1) is 5.41 Å². The molecule has 1 aromatic rings. The standard InChI is InChI=1S/C16H18O3S/c1-16(2,3)13-9-10-15(19-12-11-13)20(17,18)14-7-5-4-6-8-14/h4-12H,1-3H3. The first-order valence-corrected chi connectivity index (χ1v) is 7.86. The monoisotopic (exact) mass is 290 g/mol. The van der Waals surface area contributed by atoms with Gasteiger partial charge in [0, 0.05) is 0 Å². The molecule has 0 spiro atoms. The highest BCUT2D eigenvalue weighted by atomic mass is 32.2. The lowest BCUT2D eigenvalue weighted by Crippen LogP contribution is -2.06. The van der Waals surface area contributed by atoms with Crippen LogP contribution in [0.1, 0.15) is 20.8 Å². The number of allylic oxidation sites excluding steroid dienone is 4. The van der Waals surface area contributed by atoms with Gasteiger partial charge < -0.3 is 4.74 Å². The molecule has 0 radical (unpaired) electrons. The van der Waals surface area contributed by atoms with Crippen LogP contribution >= 0.6 is 0 Å². The van der Waals surface area contributed by atoms with Gasteiger partial charge in [0.15, 0.2) is 0 Å². The largest absolute Gasteiger partial charge is 0.453 e. The molecule has 0 saturated heterocycles. The van der Waals surface area contributed by atoms with Crippen LogP contribution in [0.15, 0.2) is 70.4 Å². The van der Waals surface area contributed by atoms with Crippen molar-refractivity contribution in [3.05, 3.63) is 65.5 Å². The van der Waals surface area contributed by atoms with Gasteiger partial charge in [0.1, 0.15) is 0 Å². The molecule has 0 unspecified atom stereocenters. The number of sulfone groups is 1.